The Morgan fingerprint density at radius 2 is 1.97 bits per heavy atom. The van der Waals surface area contributed by atoms with Crippen molar-refractivity contribution in [2.75, 3.05) is 39.8 Å². The molecule has 29 heavy (non-hydrogen) atoms. The highest BCUT2D eigenvalue weighted by molar-refractivity contribution is 5.60. The van der Waals surface area contributed by atoms with Crippen molar-refractivity contribution in [2.24, 2.45) is 0 Å². The molecule has 0 aromatic heterocycles. The Balaban J connectivity index is 1.37. The second-order valence-corrected chi connectivity index (χ2v) is 9.53. The number of hydrogen-bond donors (Lipinski definition) is 3. The number of benzene rings is 1. The summed E-state index contributed by atoms with van der Waals surface area (Å²) in [6.45, 7) is 7.54. The quantitative estimate of drug-likeness (QED) is 0.622. The number of ether oxygens (including phenoxy) is 2. The molecule has 5 nitrogen and oxygen atoms in total. The molecular weight excluding hydrogens is 364 g/mol. The van der Waals surface area contributed by atoms with Gasteiger partial charge in [0.2, 0.25) is 0 Å². The minimum atomic E-state index is -0.409. The predicted molar refractivity (Wildman–Crippen MR) is 112 cm³/mol. The number of piperidine rings is 1. The van der Waals surface area contributed by atoms with Crippen molar-refractivity contribution >= 4 is 0 Å². The maximum Gasteiger partial charge on any atom is 0.166 e. The van der Waals surface area contributed by atoms with Crippen LogP contribution in [0.5, 0.6) is 11.5 Å². The van der Waals surface area contributed by atoms with E-state index in [1.54, 1.807) is 12.0 Å². The number of aliphatic hydroxyl groups excluding tert-OH is 1. The van der Waals surface area contributed by atoms with Gasteiger partial charge in [-0.15, -0.1) is 0 Å². The summed E-state index contributed by atoms with van der Waals surface area (Å²) >= 11 is 0. The molecule has 1 spiro atoms. The molecule has 0 bridgehead atoms. The Morgan fingerprint density at radius 3 is 2.79 bits per heavy atom. The third kappa shape index (κ3) is 3.47. The first-order valence-corrected chi connectivity index (χ1v) is 11.6. The fourth-order valence-electron chi connectivity index (χ4n) is 6.19. The molecule has 3 N–H and O–H groups in total. The third-order valence-electron chi connectivity index (χ3n) is 7.75. The molecule has 1 aromatic carbocycles. The topological polar surface area (TPSA) is 47.6 Å². The van der Waals surface area contributed by atoms with E-state index in [9.17, 15) is 5.11 Å². The summed E-state index contributed by atoms with van der Waals surface area (Å²) in [4.78, 5) is 3.50. The van der Waals surface area contributed by atoms with E-state index >= 15 is 0 Å². The Morgan fingerprint density at radius 1 is 1.14 bits per heavy atom. The Kier molecular flexibility index (Phi) is 5.31. The highest BCUT2D eigenvalue weighted by Crippen LogP contribution is 2.54. The zero-order chi connectivity index (χ0) is 19.8. The molecule has 3 heterocycles. The van der Waals surface area contributed by atoms with E-state index in [1.807, 2.05) is 11.0 Å². The van der Waals surface area contributed by atoms with Crippen LogP contribution in [-0.2, 0) is 12.0 Å². The van der Waals surface area contributed by atoms with E-state index in [4.69, 9.17) is 9.47 Å². The molecule has 0 radical (unpaired) electrons. The fraction of sp³-hybridized carbons (Fsp3) is 0.667. The number of likely N-dealkylation sites (tertiary alicyclic amines) is 1. The van der Waals surface area contributed by atoms with Crippen LogP contribution in [0.1, 0.15) is 49.7 Å². The first-order chi connectivity index (χ1) is 14.2. The Hall–Kier alpha value is -1.56. The van der Waals surface area contributed by atoms with E-state index < -0.39 is 6.10 Å². The van der Waals surface area contributed by atoms with E-state index in [0.717, 1.165) is 31.0 Å². The number of methoxy groups -OCH3 is 1. The van der Waals surface area contributed by atoms with Gasteiger partial charge in [0.05, 0.1) is 51.4 Å². The van der Waals surface area contributed by atoms with Crippen LogP contribution >= 0.6 is 0 Å². The lowest BCUT2D eigenvalue weighted by Gasteiger charge is -2.35. The van der Waals surface area contributed by atoms with Crippen molar-refractivity contribution in [3.05, 3.63) is 35.4 Å². The molecule has 0 amide bonds. The highest BCUT2D eigenvalue weighted by Gasteiger charge is 2.53. The normalized spacial score (nSPS) is 33.5. The summed E-state index contributed by atoms with van der Waals surface area (Å²) in [5, 5.41) is 10.2. The minimum Gasteiger partial charge on any atom is -0.493 e. The summed E-state index contributed by atoms with van der Waals surface area (Å²) in [5.41, 5.74) is 2.64. The largest absolute Gasteiger partial charge is 0.493 e. The lowest BCUT2D eigenvalue weighted by molar-refractivity contribution is -0.929. The molecule has 1 unspecified atom stereocenters. The van der Waals surface area contributed by atoms with E-state index in [0.29, 0.717) is 6.42 Å². The second-order valence-electron chi connectivity index (χ2n) is 9.53. The summed E-state index contributed by atoms with van der Waals surface area (Å²) in [6, 6.07) is 4.32. The number of rotatable bonds is 5. The first kappa shape index (κ1) is 19.4. The van der Waals surface area contributed by atoms with Gasteiger partial charge in [-0.05, 0) is 31.4 Å². The zero-order valence-electron chi connectivity index (χ0n) is 17.7. The van der Waals surface area contributed by atoms with Gasteiger partial charge < -0.3 is 24.4 Å². The Bertz CT molecular complexity index is 774. The maximum absolute atomic E-state index is 10.2. The van der Waals surface area contributed by atoms with E-state index in [1.165, 1.54) is 63.0 Å². The van der Waals surface area contributed by atoms with Gasteiger partial charge >= 0.3 is 0 Å². The molecule has 1 aromatic rings. The number of aliphatic hydroxyl groups is 1. The molecule has 0 saturated carbocycles. The van der Waals surface area contributed by atoms with Gasteiger partial charge in [-0.25, -0.2) is 0 Å². The van der Waals surface area contributed by atoms with E-state index in [-0.39, 0.29) is 11.5 Å². The Labute approximate surface area is 174 Å². The van der Waals surface area contributed by atoms with Crippen LogP contribution in [0.25, 0.3) is 0 Å². The molecule has 3 aliphatic heterocycles. The molecular formula is C24H36N2O3+2. The molecule has 1 saturated heterocycles. The van der Waals surface area contributed by atoms with Crippen LogP contribution in [0, 0.1) is 0 Å². The molecule has 4 atom stereocenters. The summed E-state index contributed by atoms with van der Waals surface area (Å²) < 4.78 is 12.1. The third-order valence-corrected chi connectivity index (χ3v) is 7.75. The zero-order valence-corrected chi connectivity index (χ0v) is 17.7. The van der Waals surface area contributed by atoms with Crippen molar-refractivity contribution in [1.29, 1.82) is 0 Å². The van der Waals surface area contributed by atoms with E-state index in [2.05, 4.69) is 18.2 Å². The number of nitrogens with one attached hydrogen (secondary N) is 2. The van der Waals surface area contributed by atoms with Gasteiger partial charge in [0.15, 0.2) is 11.5 Å². The van der Waals surface area contributed by atoms with Gasteiger partial charge in [0.1, 0.15) is 12.6 Å². The van der Waals surface area contributed by atoms with Crippen LogP contribution in [-0.4, -0.2) is 57.1 Å². The SMILES string of the molecule is COc1ccc2c3c1O[C@H]1C[C@@H](O)C=C[C@@]31CC[NH+](CCC[NH+]1CCCCC1)C2. The number of quaternary nitrogens is 2. The van der Waals surface area contributed by atoms with Crippen LogP contribution in [0.4, 0.5) is 0 Å². The lowest BCUT2D eigenvalue weighted by atomic mass is 9.69. The summed E-state index contributed by atoms with van der Waals surface area (Å²) in [7, 11) is 1.72. The van der Waals surface area contributed by atoms with Gasteiger partial charge in [-0.3, -0.25) is 0 Å². The average Bonchev–Trinajstić information content (AvgIpc) is 2.98. The number of hydrogen-bond acceptors (Lipinski definition) is 3. The second kappa shape index (κ2) is 7.93. The van der Waals surface area contributed by atoms with Gasteiger partial charge in [0.25, 0.3) is 0 Å². The molecule has 158 valence electrons. The maximum atomic E-state index is 10.2. The smallest absolute Gasteiger partial charge is 0.166 e. The van der Waals surface area contributed by atoms with Crippen molar-refractivity contribution < 1.29 is 24.4 Å². The van der Waals surface area contributed by atoms with Crippen LogP contribution < -0.4 is 19.3 Å². The summed E-state index contributed by atoms with van der Waals surface area (Å²) in [6.07, 6.45) is 11.2. The van der Waals surface area contributed by atoms with Crippen LogP contribution in [0.15, 0.2) is 24.3 Å². The van der Waals surface area contributed by atoms with Gasteiger partial charge in [0, 0.05) is 30.4 Å². The lowest BCUT2D eigenvalue weighted by Crippen LogP contribution is -3.14. The fourth-order valence-corrected chi connectivity index (χ4v) is 6.19. The average molecular weight is 401 g/mol. The van der Waals surface area contributed by atoms with Crippen molar-refractivity contribution in [1.82, 2.24) is 0 Å². The van der Waals surface area contributed by atoms with Crippen molar-refractivity contribution in [3.63, 3.8) is 0 Å². The molecule has 1 aliphatic carbocycles. The molecule has 5 heteroatoms. The van der Waals surface area contributed by atoms with Crippen LogP contribution in [0.2, 0.25) is 0 Å². The van der Waals surface area contributed by atoms with Gasteiger partial charge in [-0.2, -0.15) is 0 Å². The molecule has 5 rings (SSSR count). The monoisotopic (exact) mass is 400 g/mol. The van der Waals surface area contributed by atoms with Crippen LogP contribution in [0.3, 0.4) is 0 Å². The van der Waals surface area contributed by atoms with Crippen molar-refractivity contribution in [2.45, 2.75) is 62.7 Å². The predicted octanol–water partition coefficient (Wildman–Crippen LogP) is 0.262. The molecule has 1 fully saturated rings. The summed E-state index contributed by atoms with van der Waals surface area (Å²) in [5.74, 6) is 1.75. The standard InChI is InChI=1S/C24H34N2O3/c1-28-20-7-6-18-17-26(14-5-13-25-11-3-2-4-12-25)15-10-24-9-8-19(27)16-21(24)29-23(20)22(18)24/h6-9,19,21,27H,2-5,10-17H2,1H3/p+2/t19-,21-,24-/m0/s1. The highest BCUT2D eigenvalue weighted by atomic mass is 16.5. The first-order valence-electron chi connectivity index (χ1n) is 11.6. The minimum absolute atomic E-state index is 0.0182. The van der Waals surface area contributed by atoms with Crippen molar-refractivity contribution in [3.8, 4) is 11.5 Å². The van der Waals surface area contributed by atoms with Gasteiger partial charge in [-0.1, -0.05) is 12.2 Å². The molecule has 4 aliphatic rings.